The van der Waals surface area contributed by atoms with Gasteiger partial charge in [0.2, 0.25) is 6.29 Å². The monoisotopic (exact) mass is 238 g/mol. The quantitative estimate of drug-likeness (QED) is 0.429. The van der Waals surface area contributed by atoms with Crippen molar-refractivity contribution >= 4 is 5.97 Å². The fourth-order valence-electron chi connectivity index (χ4n) is 3.10. The molecule has 2 saturated carbocycles. The van der Waals surface area contributed by atoms with Gasteiger partial charge >= 0.3 is 5.97 Å². The Morgan fingerprint density at radius 2 is 2.12 bits per heavy atom. The Morgan fingerprint density at radius 1 is 1.35 bits per heavy atom. The fraction of sp³-hybridized carbons (Fsp3) is 0.786. The van der Waals surface area contributed by atoms with E-state index in [0.29, 0.717) is 11.5 Å². The minimum Gasteiger partial charge on any atom is -0.433 e. The van der Waals surface area contributed by atoms with Crippen molar-refractivity contribution < 1.29 is 14.3 Å². The Balaban J connectivity index is 1.81. The fourth-order valence-corrected chi connectivity index (χ4v) is 3.10. The molecular weight excluding hydrogens is 216 g/mol. The number of hydrogen-bond donors (Lipinski definition) is 0. The van der Waals surface area contributed by atoms with Crippen LogP contribution >= 0.6 is 0 Å². The van der Waals surface area contributed by atoms with E-state index >= 15 is 0 Å². The van der Waals surface area contributed by atoms with Gasteiger partial charge in [-0.2, -0.15) is 0 Å². The summed E-state index contributed by atoms with van der Waals surface area (Å²) in [5, 5.41) is 0. The van der Waals surface area contributed by atoms with E-state index in [1.54, 1.807) is 13.8 Å². The zero-order valence-corrected chi connectivity index (χ0v) is 10.8. The van der Waals surface area contributed by atoms with Crippen LogP contribution in [0.15, 0.2) is 12.2 Å². The summed E-state index contributed by atoms with van der Waals surface area (Å²) >= 11 is 0. The topological polar surface area (TPSA) is 35.5 Å². The second-order valence-corrected chi connectivity index (χ2v) is 5.46. The van der Waals surface area contributed by atoms with E-state index in [-0.39, 0.29) is 12.1 Å². The molecule has 17 heavy (non-hydrogen) atoms. The van der Waals surface area contributed by atoms with Crippen molar-refractivity contribution in [1.29, 1.82) is 0 Å². The van der Waals surface area contributed by atoms with Gasteiger partial charge in [-0.05, 0) is 44.9 Å². The van der Waals surface area contributed by atoms with E-state index in [0.717, 1.165) is 12.3 Å². The van der Waals surface area contributed by atoms with Gasteiger partial charge in [0.1, 0.15) is 0 Å². The van der Waals surface area contributed by atoms with Gasteiger partial charge in [0.15, 0.2) is 0 Å². The molecule has 0 aromatic heterocycles. The summed E-state index contributed by atoms with van der Waals surface area (Å²) in [6.07, 6.45) is 6.21. The molecule has 0 radical (unpaired) electrons. The van der Waals surface area contributed by atoms with E-state index < -0.39 is 6.29 Å². The molecule has 2 bridgehead atoms. The van der Waals surface area contributed by atoms with Crippen molar-refractivity contribution in [2.45, 2.75) is 58.3 Å². The molecule has 0 aliphatic heterocycles. The molecule has 0 N–H and O–H groups in total. The first-order valence-corrected chi connectivity index (χ1v) is 6.58. The molecule has 2 aliphatic rings. The number of carbonyl (C=O) groups excluding carboxylic acids is 1. The number of fused-ring (bicyclic) bond motifs is 2. The molecule has 2 fully saturated rings. The maximum atomic E-state index is 11.4. The van der Waals surface area contributed by atoms with Gasteiger partial charge in [-0.25, -0.2) is 4.79 Å². The maximum absolute atomic E-state index is 11.4. The average Bonchev–Trinajstić information content (AvgIpc) is 2.53. The van der Waals surface area contributed by atoms with Crippen LogP contribution in [0.2, 0.25) is 0 Å². The van der Waals surface area contributed by atoms with Crippen LogP contribution in [0.1, 0.15) is 46.0 Å². The van der Waals surface area contributed by atoms with E-state index in [4.69, 9.17) is 9.47 Å². The average molecular weight is 238 g/mol. The number of hydrogen-bond acceptors (Lipinski definition) is 3. The Labute approximate surface area is 103 Å². The molecule has 2 rings (SSSR count). The third-order valence-electron chi connectivity index (χ3n) is 3.90. The first-order valence-electron chi connectivity index (χ1n) is 6.58. The summed E-state index contributed by atoms with van der Waals surface area (Å²) in [5.74, 6) is 1.15. The summed E-state index contributed by atoms with van der Waals surface area (Å²) in [6.45, 7) is 7.01. The van der Waals surface area contributed by atoms with Crippen LogP contribution in [0.5, 0.6) is 0 Å². The Morgan fingerprint density at radius 3 is 2.76 bits per heavy atom. The van der Waals surface area contributed by atoms with E-state index in [1.807, 2.05) is 0 Å². The Hall–Kier alpha value is -0.830. The van der Waals surface area contributed by atoms with Gasteiger partial charge in [-0.15, -0.1) is 0 Å². The highest BCUT2D eigenvalue weighted by molar-refractivity contribution is 5.86. The van der Waals surface area contributed by atoms with Crippen molar-refractivity contribution in [3.8, 4) is 0 Å². The van der Waals surface area contributed by atoms with Crippen LogP contribution in [0, 0.1) is 11.8 Å². The molecule has 0 aromatic rings. The molecule has 3 nitrogen and oxygen atoms in total. The van der Waals surface area contributed by atoms with Crippen molar-refractivity contribution in [1.82, 2.24) is 0 Å². The van der Waals surface area contributed by atoms with Crippen molar-refractivity contribution in [3.63, 3.8) is 0 Å². The van der Waals surface area contributed by atoms with Gasteiger partial charge in [0.25, 0.3) is 0 Å². The molecule has 2 aliphatic carbocycles. The summed E-state index contributed by atoms with van der Waals surface area (Å²) in [5.41, 5.74) is 0.422. The Bertz CT molecular complexity index is 311. The van der Waals surface area contributed by atoms with Gasteiger partial charge in [0, 0.05) is 5.57 Å². The first kappa shape index (κ1) is 12.6. The molecule has 0 spiro atoms. The number of esters is 1. The third kappa shape index (κ3) is 3.09. The lowest BCUT2D eigenvalue weighted by Gasteiger charge is -2.24. The van der Waals surface area contributed by atoms with Crippen LogP contribution in [0.4, 0.5) is 0 Å². The lowest BCUT2D eigenvalue weighted by atomic mass is 9.89. The normalized spacial score (nSPS) is 33.2. The van der Waals surface area contributed by atoms with Crippen LogP contribution in [0.25, 0.3) is 0 Å². The van der Waals surface area contributed by atoms with Crippen molar-refractivity contribution in [3.05, 3.63) is 12.2 Å². The Kier molecular flexibility index (Phi) is 3.87. The molecule has 96 valence electrons. The highest BCUT2D eigenvalue weighted by Gasteiger charge is 2.38. The highest BCUT2D eigenvalue weighted by Crippen LogP contribution is 2.43. The molecular formula is C14H22O3. The third-order valence-corrected chi connectivity index (χ3v) is 3.90. The molecule has 3 heteroatoms. The SMILES string of the molecule is C=C(C)C(=O)OC(C)OC1CC2CCCC1C2. The molecule has 4 unspecified atom stereocenters. The standard InChI is InChI=1S/C14H22O3/c1-9(2)14(15)17-10(3)16-13-8-11-5-4-6-12(13)7-11/h10-13H,1,4-8H2,2-3H3. The van der Waals surface area contributed by atoms with Crippen LogP contribution in [0.3, 0.4) is 0 Å². The molecule has 0 aromatic carbocycles. The molecule has 0 heterocycles. The lowest BCUT2D eigenvalue weighted by molar-refractivity contribution is -0.184. The summed E-state index contributed by atoms with van der Waals surface area (Å²) in [7, 11) is 0. The minimum absolute atomic E-state index is 0.287. The second kappa shape index (κ2) is 5.21. The predicted octanol–water partition coefficient (Wildman–Crippen LogP) is 3.05. The lowest BCUT2D eigenvalue weighted by Crippen LogP contribution is -2.27. The molecule has 0 saturated heterocycles. The van der Waals surface area contributed by atoms with E-state index in [9.17, 15) is 4.79 Å². The van der Waals surface area contributed by atoms with Crippen LogP contribution < -0.4 is 0 Å². The van der Waals surface area contributed by atoms with Crippen molar-refractivity contribution in [2.24, 2.45) is 11.8 Å². The first-order chi connectivity index (χ1) is 8.06. The maximum Gasteiger partial charge on any atom is 0.335 e. The number of ether oxygens (including phenoxy) is 2. The highest BCUT2D eigenvalue weighted by atomic mass is 16.7. The van der Waals surface area contributed by atoms with Gasteiger partial charge in [-0.3, -0.25) is 0 Å². The zero-order valence-electron chi connectivity index (χ0n) is 10.8. The molecule has 4 atom stereocenters. The largest absolute Gasteiger partial charge is 0.433 e. The van der Waals surface area contributed by atoms with Gasteiger partial charge < -0.3 is 9.47 Å². The van der Waals surface area contributed by atoms with Crippen LogP contribution in [-0.4, -0.2) is 18.4 Å². The van der Waals surface area contributed by atoms with E-state index in [1.165, 1.54) is 25.7 Å². The van der Waals surface area contributed by atoms with Crippen LogP contribution in [-0.2, 0) is 14.3 Å². The summed E-state index contributed by atoms with van der Waals surface area (Å²) in [6, 6.07) is 0. The zero-order chi connectivity index (χ0) is 12.4. The van der Waals surface area contributed by atoms with Gasteiger partial charge in [-0.1, -0.05) is 19.4 Å². The number of carbonyl (C=O) groups is 1. The summed E-state index contributed by atoms with van der Waals surface area (Å²) < 4.78 is 11.0. The predicted molar refractivity (Wildman–Crippen MR) is 65.3 cm³/mol. The summed E-state index contributed by atoms with van der Waals surface area (Å²) in [4.78, 5) is 11.4. The smallest absolute Gasteiger partial charge is 0.335 e. The second-order valence-electron chi connectivity index (χ2n) is 5.46. The van der Waals surface area contributed by atoms with Crippen molar-refractivity contribution in [2.75, 3.05) is 0 Å². The minimum atomic E-state index is -0.455. The van der Waals surface area contributed by atoms with E-state index in [2.05, 4.69) is 6.58 Å². The number of rotatable bonds is 4. The van der Waals surface area contributed by atoms with Gasteiger partial charge in [0.05, 0.1) is 6.10 Å². The molecule has 0 amide bonds.